The highest BCUT2D eigenvalue weighted by Crippen LogP contribution is 2.38. The fourth-order valence-electron chi connectivity index (χ4n) is 4.55. The summed E-state index contributed by atoms with van der Waals surface area (Å²) in [5.41, 5.74) is 4.92. The molecule has 5 rings (SSSR count). The SMILES string of the molecule is C[Si](C)(C)CCOCn1cc(-c2ccncc2)c2c(Oc3ccc4c(c3)CN(C(=O)O)CC4)ccnc21. The van der Waals surface area contributed by atoms with Crippen LogP contribution in [0.5, 0.6) is 11.5 Å². The summed E-state index contributed by atoms with van der Waals surface area (Å²) in [5.74, 6) is 1.35. The molecule has 0 atom stereocenters. The average Bonchev–Trinajstić information content (AvgIpc) is 3.26. The van der Waals surface area contributed by atoms with Crippen molar-refractivity contribution in [2.45, 2.75) is 45.4 Å². The Morgan fingerprint density at radius 2 is 1.89 bits per heavy atom. The first kappa shape index (κ1) is 25.0. The van der Waals surface area contributed by atoms with Gasteiger partial charge in [0.25, 0.3) is 0 Å². The van der Waals surface area contributed by atoms with Crippen molar-refractivity contribution in [3.8, 4) is 22.6 Å². The zero-order chi connectivity index (χ0) is 26.0. The predicted molar refractivity (Wildman–Crippen MR) is 146 cm³/mol. The van der Waals surface area contributed by atoms with Crippen molar-refractivity contribution in [1.82, 2.24) is 19.4 Å². The Bertz CT molecular complexity index is 1420. The van der Waals surface area contributed by atoms with Gasteiger partial charge in [0, 0.05) is 58.1 Å². The highest BCUT2D eigenvalue weighted by molar-refractivity contribution is 6.76. The normalized spacial score (nSPS) is 13.5. The smallest absolute Gasteiger partial charge is 0.407 e. The molecule has 4 aromatic rings. The summed E-state index contributed by atoms with van der Waals surface area (Å²) in [6.07, 6.45) is 7.16. The fraction of sp³-hybridized carbons (Fsp3) is 0.321. The Hall–Kier alpha value is -3.69. The first-order valence-electron chi connectivity index (χ1n) is 12.5. The third-order valence-corrected chi connectivity index (χ3v) is 8.33. The molecule has 0 unspecified atom stereocenters. The number of carboxylic acid groups (broad SMARTS) is 1. The Kier molecular flexibility index (Phi) is 6.99. The van der Waals surface area contributed by atoms with Crippen LogP contribution in [0, 0.1) is 0 Å². The second-order valence-corrected chi connectivity index (χ2v) is 16.2. The second-order valence-electron chi connectivity index (χ2n) is 10.6. The second kappa shape index (κ2) is 10.4. The van der Waals surface area contributed by atoms with Gasteiger partial charge in [-0.1, -0.05) is 25.7 Å². The number of nitrogens with zero attached hydrogens (tertiary/aromatic N) is 4. The molecule has 1 aliphatic rings. The van der Waals surface area contributed by atoms with Gasteiger partial charge in [-0.3, -0.25) is 4.98 Å². The molecule has 1 amide bonds. The van der Waals surface area contributed by atoms with Gasteiger partial charge in [-0.2, -0.15) is 0 Å². The van der Waals surface area contributed by atoms with Crippen molar-refractivity contribution < 1.29 is 19.4 Å². The lowest BCUT2D eigenvalue weighted by atomic mass is 10.00. The van der Waals surface area contributed by atoms with E-state index in [2.05, 4.69) is 35.8 Å². The van der Waals surface area contributed by atoms with E-state index in [0.29, 0.717) is 37.7 Å². The Morgan fingerprint density at radius 3 is 2.65 bits per heavy atom. The Balaban J connectivity index is 1.48. The minimum absolute atomic E-state index is 0.362. The predicted octanol–water partition coefficient (Wildman–Crippen LogP) is 6.24. The topological polar surface area (TPSA) is 89.7 Å². The van der Waals surface area contributed by atoms with Crippen molar-refractivity contribution in [1.29, 1.82) is 0 Å². The minimum Gasteiger partial charge on any atom is -0.465 e. The monoisotopic (exact) mass is 516 g/mol. The highest BCUT2D eigenvalue weighted by Gasteiger charge is 2.22. The van der Waals surface area contributed by atoms with E-state index in [1.54, 1.807) is 18.6 Å². The molecule has 0 spiro atoms. The molecule has 0 saturated heterocycles. The van der Waals surface area contributed by atoms with Crippen LogP contribution in [0.25, 0.3) is 22.2 Å². The third-order valence-electron chi connectivity index (χ3n) is 6.63. The molecule has 0 fully saturated rings. The van der Waals surface area contributed by atoms with Gasteiger partial charge in [-0.25, -0.2) is 9.78 Å². The molecule has 192 valence electrons. The molecular weight excluding hydrogens is 484 g/mol. The zero-order valence-electron chi connectivity index (χ0n) is 21.5. The van der Waals surface area contributed by atoms with Crippen LogP contribution in [-0.4, -0.2) is 51.9 Å². The summed E-state index contributed by atoms with van der Waals surface area (Å²) >= 11 is 0. The number of amides is 1. The van der Waals surface area contributed by atoms with Gasteiger partial charge in [0.05, 0.1) is 5.39 Å². The van der Waals surface area contributed by atoms with Gasteiger partial charge >= 0.3 is 6.09 Å². The number of pyridine rings is 2. The van der Waals surface area contributed by atoms with E-state index < -0.39 is 14.2 Å². The van der Waals surface area contributed by atoms with Crippen LogP contribution in [-0.2, 0) is 24.4 Å². The van der Waals surface area contributed by atoms with E-state index in [1.165, 1.54) is 4.90 Å². The van der Waals surface area contributed by atoms with Gasteiger partial charge < -0.3 is 24.0 Å². The van der Waals surface area contributed by atoms with E-state index in [1.807, 2.05) is 41.0 Å². The van der Waals surface area contributed by atoms with Crippen LogP contribution in [0.1, 0.15) is 11.1 Å². The molecule has 3 aromatic heterocycles. The molecule has 8 nitrogen and oxygen atoms in total. The largest absolute Gasteiger partial charge is 0.465 e. The number of rotatable bonds is 8. The Morgan fingerprint density at radius 1 is 1.08 bits per heavy atom. The minimum atomic E-state index is -1.18. The molecule has 0 radical (unpaired) electrons. The lowest BCUT2D eigenvalue weighted by Crippen LogP contribution is -2.34. The van der Waals surface area contributed by atoms with Gasteiger partial charge in [0.1, 0.15) is 23.9 Å². The number of ether oxygens (including phenoxy) is 2. The third kappa shape index (κ3) is 5.68. The molecule has 1 aromatic carbocycles. The molecule has 37 heavy (non-hydrogen) atoms. The summed E-state index contributed by atoms with van der Waals surface area (Å²) in [4.78, 5) is 21.8. The first-order chi connectivity index (χ1) is 17.8. The lowest BCUT2D eigenvalue weighted by molar-refractivity contribution is 0.0899. The molecule has 0 bridgehead atoms. The Labute approximate surface area is 217 Å². The molecule has 4 heterocycles. The standard InChI is InChI=1S/C28H32N4O4Si/c1-37(2,3)15-14-35-19-32-18-24(21-6-10-29-11-7-21)26-25(8-12-30-27(26)32)36-23-5-4-20-9-13-31(28(33)34)17-22(20)16-23/h4-8,10-12,16,18H,9,13-15,17,19H2,1-3H3,(H,33,34). The quantitative estimate of drug-likeness (QED) is 0.220. The maximum Gasteiger partial charge on any atom is 0.407 e. The molecule has 1 aliphatic heterocycles. The van der Waals surface area contributed by atoms with Crippen molar-refractivity contribution in [2.75, 3.05) is 13.2 Å². The maximum absolute atomic E-state index is 11.5. The molecule has 9 heteroatoms. The van der Waals surface area contributed by atoms with E-state index in [-0.39, 0.29) is 0 Å². The maximum atomic E-state index is 11.5. The van der Waals surface area contributed by atoms with E-state index in [9.17, 15) is 9.90 Å². The van der Waals surface area contributed by atoms with Crippen LogP contribution >= 0.6 is 0 Å². The number of hydrogen-bond donors (Lipinski definition) is 1. The zero-order valence-corrected chi connectivity index (χ0v) is 22.5. The van der Waals surface area contributed by atoms with Crippen molar-refractivity contribution >= 4 is 25.2 Å². The number of fused-ring (bicyclic) bond motifs is 2. The van der Waals surface area contributed by atoms with Gasteiger partial charge in [0.2, 0.25) is 0 Å². The van der Waals surface area contributed by atoms with Crippen LogP contribution in [0.2, 0.25) is 25.7 Å². The van der Waals surface area contributed by atoms with Crippen LogP contribution in [0.4, 0.5) is 4.79 Å². The molecule has 0 saturated carbocycles. The summed E-state index contributed by atoms with van der Waals surface area (Å²) < 4.78 is 14.5. The molecule has 1 N–H and O–H groups in total. The van der Waals surface area contributed by atoms with E-state index in [4.69, 9.17) is 9.47 Å². The average molecular weight is 517 g/mol. The van der Waals surface area contributed by atoms with Crippen LogP contribution in [0.15, 0.2) is 61.2 Å². The van der Waals surface area contributed by atoms with Crippen molar-refractivity contribution in [3.05, 3.63) is 72.3 Å². The summed E-state index contributed by atoms with van der Waals surface area (Å²) in [6.45, 7) is 9.03. The van der Waals surface area contributed by atoms with Gasteiger partial charge in [0.15, 0.2) is 0 Å². The number of hydrogen-bond acceptors (Lipinski definition) is 5. The summed E-state index contributed by atoms with van der Waals surface area (Å²) in [6, 6.07) is 12.8. The number of aromatic nitrogens is 3. The summed E-state index contributed by atoms with van der Waals surface area (Å²) in [5, 5.41) is 10.3. The fourth-order valence-corrected chi connectivity index (χ4v) is 5.31. The van der Waals surface area contributed by atoms with Crippen LogP contribution < -0.4 is 4.74 Å². The van der Waals surface area contributed by atoms with Gasteiger partial charge in [-0.05, 0) is 59.5 Å². The number of carbonyl (C=O) groups is 1. The van der Waals surface area contributed by atoms with Crippen molar-refractivity contribution in [3.63, 3.8) is 0 Å². The lowest BCUT2D eigenvalue weighted by Gasteiger charge is -2.26. The first-order valence-corrected chi connectivity index (χ1v) is 16.2. The van der Waals surface area contributed by atoms with E-state index >= 15 is 0 Å². The van der Waals surface area contributed by atoms with Crippen molar-refractivity contribution in [2.24, 2.45) is 0 Å². The highest BCUT2D eigenvalue weighted by atomic mass is 28.3. The van der Waals surface area contributed by atoms with E-state index in [0.717, 1.165) is 45.9 Å². The molecule has 0 aliphatic carbocycles. The summed E-state index contributed by atoms with van der Waals surface area (Å²) in [7, 11) is -1.18. The molecular formula is C28H32N4O4Si. The number of benzene rings is 1. The van der Waals surface area contributed by atoms with Gasteiger partial charge in [-0.15, -0.1) is 0 Å². The van der Waals surface area contributed by atoms with Crippen LogP contribution in [0.3, 0.4) is 0 Å².